The number of rotatable bonds is 2. The molecule has 0 saturated carbocycles. The van der Waals surface area contributed by atoms with Crippen LogP contribution in [0.25, 0.3) is 0 Å². The fourth-order valence-corrected chi connectivity index (χ4v) is 3.00. The van der Waals surface area contributed by atoms with E-state index in [4.69, 9.17) is 0 Å². The molecule has 0 aliphatic carbocycles. The van der Waals surface area contributed by atoms with Crippen LogP contribution < -0.4 is 0 Å². The highest BCUT2D eigenvalue weighted by atomic mass is 32.2. The average molecular weight is 163 g/mol. The van der Waals surface area contributed by atoms with Crippen molar-refractivity contribution in [1.29, 1.82) is 0 Å². The maximum Gasteiger partial charge on any atom is 0.271 e. The van der Waals surface area contributed by atoms with Gasteiger partial charge in [0.1, 0.15) is 5.25 Å². The monoisotopic (exact) mass is 163 g/mol. The van der Waals surface area contributed by atoms with Crippen LogP contribution in [0.3, 0.4) is 0 Å². The standard InChI is InChI=1S/C4H5NO2S2/c6-5(7)4-3(9-4)2-1-8-2/h2-4H,1H2. The highest BCUT2D eigenvalue weighted by Gasteiger charge is 2.58. The van der Waals surface area contributed by atoms with Gasteiger partial charge in [0.05, 0.1) is 0 Å². The zero-order valence-electron chi connectivity index (χ0n) is 4.52. The summed E-state index contributed by atoms with van der Waals surface area (Å²) in [5, 5.41) is 10.8. The summed E-state index contributed by atoms with van der Waals surface area (Å²) in [5.41, 5.74) is 0. The highest BCUT2D eigenvalue weighted by molar-refractivity contribution is 8.12. The predicted molar refractivity (Wildman–Crippen MR) is 38.4 cm³/mol. The van der Waals surface area contributed by atoms with Gasteiger partial charge in [0.2, 0.25) is 0 Å². The molecule has 0 spiro atoms. The normalized spacial score (nSPS) is 46.4. The molecule has 2 rings (SSSR count). The molecule has 3 atom stereocenters. The van der Waals surface area contributed by atoms with Crippen molar-refractivity contribution in [2.45, 2.75) is 15.9 Å². The fourth-order valence-electron chi connectivity index (χ4n) is 0.802. The van der Waals surface area contributed by atoms with Crippen LogP contribution in [0.4, 0.5) is 0 Å². The second-order valence-corrected chi connectivity index (χ2v) is 4.72. The topological polar surface area (TPSA) is 43.1 Å². The Balaban J connectivity index is 1.87. The Morgan fingerprint density at radius 2 is 2.33 bits per heavy atom. The average Bonchev–Trinajstić information content (AvgIpc) is 2.60. The van der Waals surface area contributed by atoms with Crippen molar-refractivity contribution in [3.63, 3.8) is 0 Å². The molecule has 2 aliphatic rings. The molecule has 3 nitrogen and oxygen atoms in total. The van der Waals surface area contributed by atoms with Gasteiger partial charge in [-0.05, 0) is 0 Å². The number of thioether (sulfide) groups is 2. The second-order valence-electron chi connectivity index (χ2n) is 2.15. The quantitative estimate of drug-likeness (QED) is 0.343. The van der Waals surface area contributed by atoms with Crippen molar-refractivity contribution in [2.75, 3.05) is 5.75 Å². The van der Waals surface area contributed by atoms with Gasteiger partial charge in [-0.25, -0.2) is 0 Å². The van der Waals surface area contributed by atoms with E-state index in [0.29, 0.717) is 10.5 Å². The van der Waals surface area contributed by atoms with E-state index in [1.165, 1.54) is 11.8 Å². The summed E-state index contributed by atoms with van der Waals surface area (Å²) in [4.78, 5) is 9.91. The van der Waals surface area contributed by atoms with Crippen molar-refractivity contribution in [3.8, 4) is 0 Å². The zero-order chi connectivity index (χ0) is 6.43. The van der Waals surface area contributed by atoms with Gasteiger partial charge in [-0.3, -0.25) is 10.1 Å². The SMILES string of the molecule is O=[N+]([O-])C1SC1C1CS1. The van der Waals surface area contributed by atoms with E-state index in [-0.39, 0.29) is 10.3 Å². The molecule has 0 amide bonds. The van der Waals surface area contributed by atoms with Gasteiger partial charge >= 0.3 is 0 Å². The molecule has 0 radical (unpaired) electrons. The first kappa shape index (κ1) is 5.85. The summed E-state index contributed by atoms with van der Waals surface area (Å²) >= 11 is 3.33. The van der Waals surface area contributed by atoms with Crippen LogP contribution in [0, 0.1) is 10.1 Å². The Morgan fingerprint density at radius 1 is 1.67 bits per heavy atom. The Kier molecular flexibility index (Phi) is 1.16. The minimum absolute atomic E-state index is 0.172. The van der Waals surface area contributed by atoms with Crippen LogP contribution in [-0.4, -0.2) is 26.5 Å². The maximum absolute atomic E-state index is 10.1. The molecule has 3 unspecified atom stereocenters. The van der Waals surface area contributed by atoms with Crippen molar-refractivity contribution in [2.24, 2.45) is 0 Å². The molecule has 2 saturated heterocycles. The Bertz CT molecular complexity index is 159. The van der Waals surface area contributed by atoms with Crippen molar-refractivity contribution in [3.05, 3.63) is 10.1 Å². The zero-order valence-corrected chi connectivity index (χ0v) is 6.15. The Morgan fingerprint density at radius 3 is 2.67 bits per heavy atom. The molecule has 0 bridgehead atoms. The van der Waals surface area contributed by atoms with Crippen LogP contribution in [-0.2, 0) is 0 Å². The van der Waals surface area contributed by atoms with Crippen molar-refractivity contribution < 1.29 is 4.92 Å². The van der Waals surface area contributed by atoms with Crippen molar-refractivity contribution in [1.82, 2.24) is 0 Å². The lowest BCUT2D eigenvalue weighted by Gasteiger charge is -1.82. The van der Waals surface area contributed by atoms with Crippen LogP contribution >= 0.6 is 23.5 Å². The molecule has 0 aromatic carbocycles. The third kappa shape index (κ3) is 1.03. The number of nitrogens with zero attached hydrogens (tertiary/aromatic N) is 1. The van der Waals surface area contributed by atoms with Gasteiger partial charge in [0, 0.05) is 15.9 Å². The summed E-state index contributed by atoms with van der Waals surface area (Å²) in [6.45, 7) is 0. The van der Waals surface area contributed by atoms with Crippen molar-refractivity contribution >= 4 is 23.5 Å². The number of hydrogen-bond donors (Lipinski definition) is 0. The smallest absolute Gasteiger partial charge is 0.263 e. The van der Waals surface area contributed by atoms with Crippen LogP contribution in [0.15, 0.2) is 0 Å². The number of nitro groups is 1. The van der Waals surface area contributed by atoms with Crippen LogP contribution in [0.2, 0.25) is 0 Å². The van der Waals surface area contributed by atoms with Gasteiger partial charge in [-0.1, -0.05) is 11.8 Å². The maximum atomic E-state index is 10.1. The van der Waals surface area contributed by atoms with E-state index in [9.17, 15) is 10.1 Å². The molecule has 9 heavy (non-hydrogen) atoms. The summed E-state index contributed by atoms with van der Waals surface area (Å²) in [6, 6.07) is 0. The van der Waals surface area contributed by atoms with E-state index < -0.39 is 0 Å². The fraction of sp³-hybridized carbons (Fsp3) is 1.00. The third-order valence-corrected chi connectivity index (χ3v) is 3.95. The lowest BCUT2D eigenvalue weighted by Crippen LogP contribution is -2.09. The van der Waals surface area contributed by atoms with Gasteiger partial charge in [0.25, 0.3) is 5.37 Å². The molecule has 2 heterocycles. The lowest BCUT2D eigenvalue weighted by atomic mass is 10.3. The van der Waals surface area contributed by atoms with E-state index in [1.807, 2.05) is 11.8 Å². The highest BCUT2D eigenvalue weighted by Crippen LogP contribution is 2.53. The van der Waals surface area contributed by atoms with E-state index in [0.717, 1.165) is 5.75 Å². The molecule has 5 heteroatoms. The summed E-state index contributed by atoms with van der Waals surface area (Å²) in [6.07, 6.45) is 0. The second kappa shape index (κ2) is 1.79. The van der Waals surface area contributed by atoms with E-state index in [2.05, 4.69) is 0 Å². The van der Waals surface area contributed by atoms with Gasteiger partial charge in [-0.2, -0.15) is 11.8 Å². The molecule has 0 aromatic heterocycles. The first-order chi connectivity index (χ1) is 4.29. The Labute approximate surface area is 60.7 Å². The Hall–Kier alpha value is 0.1000. The summed E-state index contributed by atoms with van der Waals surface area (Å²) in [5.74, 6) is 1.14. The molecular formula is C4H5NO2S2. The minimum atomic E-state index is -0.259. The van der Waals surface area contributed by atoms with Gasteiger partial charge in [-0.15, -0.1) is 0 Å². The van der Waals surface area contributed by atoms with Gasteiger partial charge < -0.3 is 0 Å². The molecule has 0 N–H and O–H groups in total. The first-order valence-electron chi connectivity index (χ1n) is 2.69. The van der Waals surface area contributed by atoms with Crippen LogP contribution in [0.1, 0.15) is 0 Å². The molecule has 0 aromatic rings. The van der Waals surface area contributed by atoms with E-state index >= 15 is 0 Å². The van der Waals surface area contributed by atoms with E-state index in [1.54, 1.807) is 0 Å². The van der Waals surface area contributed by atoms with Gasteiger partial charge in [0.15, 0.2) is 0 Å². The minimum Gasteiger partial charge on any atom is -0.263 e. The lowest BCUT2D eigenvalue weighted by molar-refractivity contribution is -0.484. The molecule has 2 fully saturated rings. The predicted octanol–water partition coefficient (Wildman–Crippen LogP) is 0.820. The van der Waals surface area contributed by atoms with Crippen LogP contribution in [0.5, 0.6) is 0 Å². The summed E-state index contributed by atoms with van der Waals surface area (Å²) < 4.78 is 0. The summed E-state index contributed by atoms with van der Waals surface area (Å²) in [7, 11) is 0. The molecule has 2 aliphatic heterocycles. The first-order valence-corrected chi connectivity index (χ1v) is 4.69. The third-order valence-electron chi connectivity index (χ3n) is 1.43. The molecular weight excluding hydrogens is 158 g/mol. The number of hydrogen-bond acceptors (Lipinski definition) is 4. The largest absolute Gasteiger partial charge is 0.271 e. The molecule has 50 valence electrons.